The predicted octanol–water partition coefficient (Wildman–Crippen LogP) is 3.17. The molecule has 4 rings (SSSR count). The van der Waals surface area contributed by atoms with Gasteiger partial charge < -0.3 is 20.3 Å². The minimum atomic E-state index is -0.825. The van der Waals surface area contributed by atoms with E-state index in [2.05, 4.69) is 30.6 Å². The molecule has 2 saturated heterocycles. The monoisotopic (exact) mass is 520 g/mol. The van der Waals surface area contributed by atoms with Crippen LogP contribution in [0.2, 0.25) is 10.0 Å². The zero-order chi connectivity index (χ0) is 25.7. The molecule has 0 radical (unpaired) electrons. The Kier molecular flexibility index (Phi) is 6.71. The van der Waals surface area contributed by atoms with Gasteiger partial charge in [0.25, 0.3) is 5.91 Å². The first-order chi connectivity index (χ1) is 16.3. The van der Waals surface area contributed by atoms with Crippen molar-refractivity contribution in [3.8, 4) is 11.8 Å². The summed E-state index contributed by atoms with van der Waals surface area (Å²) in [5.41, 5.74) is -0.407. The molecule has 2 heterocycles. The van der Waals surface area contributed by atoms with Gasteiger partial charge in [-0.05, 0) is 62.1 Å². The Morgan fingerprint density at radius 1 is 1.31 bits per heavy atom. The fraction of sp³-hybridized carbons (Fsp3) is 0.600. The highest BCUT2D eigenvalue weighted by atomic mass is 35.5. The lowest BCUT2D eigenvalue weighted by Crippen LogP contribution is -2.53. The van der Waals surface area contributed by atoms with Gasteiger partial charge in [-0.15, -0.1) is 0 Å². The number of rotatable bonds is 7. The summed E-state index contributed by atoms with van der Waals surface area (Å²) >= 11 is 12.0. The van der Waals surface area contributed by atoms with Gasteiger partial charge in [0.1, 0.15) is 17.8 Å². The van der Waals surface area contributed by atoms with Crippen LogP contribution in [0.3, 0.4) is 0 Å². The number of nitrogens with one attached hydrogen (secondary N) is 2. The first kappa shape index (κ1) is 25.6. The van der Waals surface area contributed by atoms with Crippen LogP contribution in [0.1, 0.15) is 40.5 Å². The van der Waals surface area contributed by atoms with E-state index in [-0.39, 0.29) is 59.5 Å². The summed E-state index contributed by atoms with van der Waals surface area (Å²) in [6.07, 6.45) is 0.823. The summed E-state index contributed by atoms with van der Waals surface area (Å²) in [5.74, 6) is -0.628. The van der Waals surface area contributed by atoms with Crippen LogP contribution in [0.15, 0.2) is 18.2 Å². The van der Waals surface area contributed by atoms with Crippen LogP contribution < -0.4 is 15.4 Å². The van der Waals surface area contributed by atoms with E-state index in [0.717, 1.165) is 0 Å². The van der Waals surface area contributed by atoms with E-state index in [9.17, 15) is 19.6 Å². The Labute approximate surface area is 215 Å². The van der Waals surface area contributed by atoms with E-state index in [1.54, 1.807) is 17.0 Å². The number of carbonyl (C=O) groups excluding carboxylic acids is 3. The molecule has 3 aliphatic rings. The molecule has 1 aromatic rings. The van der Waals surface area contributed by atoms with E-state index in [1.165, 1.54) is 6.07 Å². The highest BCUT2D eigenvalue weighted by Crippen LogP contribution is 2.64. The Morgan fingerprint density at radius 2 is 2.03 bits per heavy atom. The van der Waals surface area contributed by atoms with Crippen molar-refractivity contribution in [2.24, 2.45) is 23.2 Å². The largest absolute Gasteiger partial charge is 0.482 e. The molecule has 3 fully saturated rings. The number of piperidine rings is 1. The summed E-state index contributed by atoms with van der Waals surface area (Å²) in [7, 11) is 0. The van der Waals surface area contributed by atoms with E-state index in [0.29, 0.717) is 28.8 Å². The molecule has 0 bridgehead atoms. The molecule has 35 heavy (non-hydrogen) atoms. The lowest BCUT2D eigenvalue weighted by molar-refractivity contribution is -0.142. The standard InChI is InChI=1S/C25H30Cl2N4O4/c1-24(2)9-13(22(33)30-24)7-15(10-28)29-23(34)21-20-16(25(20,3)4)11-31(21)19(32)12-35-18-6-5-14(26)8-17(18)27/h5-6,8,13,15-16,20-21H,7,9,11-12H2,1-4H3,(H,29,34)(H,30,33)/t13-,15+,16+,20+,21?/m1/s1. The van der Waals surface area contributed by atoms with Crippen LogP contribution >= 0.6 is 23.2 Å². The van der Waals surface area contributed by atoms with Crippen LogP contribution in [0.4, 0.5) is 0 Å². The third-order valence-corrected chi connectivity index (χ3v) is 8.15. The Balaban J connectivity index is 1.42. The first-order valence-corrected chi connectivity index (χ1v) is 12.5. The molecule has 8 nitrogen and oxygen atoms in total. The number of fused-ring (bicyclic) bond motifs is 1. The summed E-state index contributed by atoms with van der Waals surface area (Å²) in [6, 6.07) is 5.33. The number of benzene rings is 1. The van der Waals surface area contributed by atoms with Crippen LogP contribution in [0.25, 0.3) is 0 Å². The van der Waals surface area contributed by atoms with Gasteiger partial charge in [-0.1, -0.05) is 37.0 Å². The van der Waals surface area contributed by atoms with Gasteiger partial charge in [-0.3, -0.25) is 14.4 Å². The first-order valence-electron chi connectivity index (χ1n) is 11.7. The maximum atomic E-state index is 13.4. The molecule has 10 heteroatoms. The molecule has 1 aliphatic carbocycles. The summed E-state index contributed by atoms with van der Waals surface area (Å²) < 4.78 is 5.61. The molecule has 3 amide bonds. The van der Waals surface area contributed by atoms with Crippen molar-refractivity contribution in [2.75, 3.05) is 13.2 Å². The van der Waals surface area contributed by atoms with Crippen molar-refractivity contribution < 1.29 is 19.1 Å². The number of halogens is 2. The maximum absolute atomic E-state index is 13.4. The lowest BCUT2D eigenvalue weighted by atomic mass is 9.91. The van der Waals surface area contributed by atoms with Gasteiger partial charge in [0.15, 0.2) is 6.61 Å². The normalized spacial score (nSPS) is 28.5. The molecule has 2 N–H and O–H groups in total. The second-order valence-corrected chi connectivity index (χ2v) is 11.9. The number of ether oxygens (including phenoxy) is 1. The van der Waals surface area contributed by atoms with E-state index in [4.69, 9.17) is 27.9 Å². The average Bonchev–Trinajstić information content (AvgIpc) is 3.06. The van der Waals surface area contributed by atoms with Gasteiger partial charge >= 0.3 is 0 Å². The lowest BCUT2D eigenvalue weighted by Gasteiger charge is -2.30. The van der Waals surface area contributed by atoms with E-state index >= 15 is 0 Å². The minimum Gasteiger partial charge on any atom is -0.482 e. The number of carbonyl (C=O) groups is 3. The van der Waals surface area contributed by atoms with Gasteiger partial charge in [0, 0.05) is 23.0 Å². The number of nitriles is 1. The molecular weight excluding hydrogens is 491 g/mol. The van der Waals surface area contributed by atoms with Gasteiger partial charge in [0.05, 0.1) is 11.1 Å². The minimum absolute atomic E-state index is 0.00127. The predicted molar refractivity (Wildman–Crippen MR) is 131 cm³/mol. The molecule has 1 unspecified atom stereocenters. The summed E-state index contributed by atoms with van der Waals surface area (Å²) in [4.78, 5) is 40.3. The van der Waals surface area contributed by atoms with E-state index in [1.807, 2.05) is 13.8 Å². The van der Waals surface area contributed by atoms with Crippen molar-refractivity contribution >= 4 is 40.9 Å². The van der Waals surface area contributed by atoms with Crippen LogP contribution in [0, 0.1) is 34.5 Å². The Hall–Kier alpha value is -2.50. The quantitative estimate of drug-likeness (QED) is 0.573. The number of amides is 3. The highest BCUT2D eigenvalue weighted by molar-refractivity contribution is 6.35. The van der Waals surface area contributed by atoms with E-state index < -0.39 is 12.1 Å². The highest BCUT2D eigenvalue weighted by Gasteiger charge is 2.69. The van der Waals surface area contributed by atoms with Crippen molar-refractivity contribution in [3.05, 3.63) is 28.2 Å². The van der Waals surface area contributed by atoms with Gasteiger partial charge in [0.2, 0.25) is 11.8 Å². The zero-order valence-corrected chi connectivity index (χ0v) is 21.7. The Morgan fingerprint density at radius 3 is 2.63 bits per heavy atom. The molecule has 1 aromatic carbocycles. The van der Waals surface area contributed by atoms with Crippen molar-refractivity contribution in [3.63, 3.8) is 0 Å². The molecule has 188 valence electrons. The van der Waals surface area contributed by atoms with Crippen molar-refractivity contribution in [1.29, 1.82) is 5.26 Å². The number of likely N-dealkylation sites (tertiary alicyclic amines) is 1. The fourth-order valence-electron chi connectivity index (χ4n) is 5.73. The van der Waals surface area contributed by atoms with Gasteiger partial charge in [-0.25, -0.2) is 0 Å². The van der Waals surface area contributed by atoms with Crippen molar-refractivity contribution in [2.45, 2.75) is 58.2 Å². The SMILES string of the molecule is CC1(C)C[C@@H](C[C@@H](C#N)NC(=O)C2[C@@H]3[C@H](CN2C(=O)COc2ccc(Cl)cc2Cl)C3(C)C)C(=O)N1. The van der Waals surface area contributed by atoms with Crippen LogP contribution in [0.5, 0.6) is 5.75 Å². The number of hydrogen-bond acceptors (Lipinski definition) is 5. The molecule has 0 spiro atoms. The molecule has 1 saturated carbocycles. The number of hydrogen-bond donors (Lipinski definition) is 2. The van der Waals surface area contributed by atoms with Crippen molar-refractivity contribution in [1.82, 2.24) is 15.5 Å². The molecule has 5 atom stereocenters. The van der Waals surface area contributed by atoms with Crippen LogP contribution in [-0.2, 0) is 14.4 Å². The molecular formula is C25H30Cl2N4O4. The second-order valence-electron chi connectivity index (χ2n) is 11.0. The topological polar surface area (TPSA) is 112 Å². The van der Waals surface area contributed by atoms with Crippen LogP contribution in [-0.4, -0.2) is 53.4 Å². The van der Waals surface area contributed by atoms with Gasteiger partial charge in [-0.2, -0.15) is 5.26 Å². The molecule has 2 aliphatic heterocycles. The summed E-state index contributed by atoms with van der Waals surface area (Å²) in [6.45, 7) is 8.21. The fourth-order valence-corrected chi connectivity index (χ4v) is 6.19. The average molecular weight is 521 g/mol. The third kappa shape index (κ3) is 5.07. The maximum Gasteiger partial charge on any atom is 0.261 e. The number of nitrogens with zero attached hydrogens (tertiary/aromatic N) is 2. The Bertz CT molecular complexity index is 1100. The zero-order valence-electron chi connectivity index (χ0n) is 20.2. The second kappa shape index (κ2) is 9.18. The third-order valence-electron chi connectivity index (χ3n) is 7.62. The molecule has 0 aromatic heterocycles. The summed E-state index contributed by atoms with van der Waals surface area (Å²) in [5, 5.41) is 16.2. The smallest absolute Gasteiger partial charge is 0.261 e.